The number of hydrogen-bond acceptors (Lipinski definition) is 4. The lowest BCUT2D eigenvalue weighted by atomic mass is 10.2. The molecule has 2 aromatic carbocycles. The molecule has 0 saturated carbocycles. The molecule has 0 aliphatic rings. The van der Waals surface area contributed by atoms with Crippen molar-refractivity contribution in [1.82, 2.24) is 0 Å². The molecule has 0 unspecified atom stereocenters. The van der Waals surface area contributed by atoms with Gasteiger partial charge in [-0.05, 0) is 61.4 Å². The van der Waals surface area contributed by atoms with Crippen LogP contribution in [0, 0.1) is 0 Å². The standard InChI is InChI=1S/C20H20BrNO4/c1-2-19(23)26-14-4-3-13-25-18-11-5-15(6-12-18)20(24)22-17-9-7-16(21)8-10-17/h2,5-12H,1,3-4,13-14H2,(H,22,24). The van der Waals surface area contributed by atoms with Crippen molar-refractivity contribution in [2.75, 3.05) is 18.5 Å². The second kappa shape index (κ2) is 10.4. The number of rotatable bonds is 9. The average Bonchev–Trinajstić information content (AvgIpc) is 2.66. The molecule has 136 valence electrons. The topological polar surface area (TPSA) is 64.6 Å². The molecule has 2 rings (SSSR count). The minimum absolute atomic E-state index is 0.178. The number of halogens is 1. The quantitative estimate of drug-likeness (QED) is 0.368. The predicted molar refractivity (Wildman–Crippen MR) is 104 cm³/mol. The molecule has 0 radical (unpaired) electrons. The molecule has 0 spiro atoms. The van der Waals surface area contributed by atoms with Crippen molar-refractivity contribution in [3.63, 3.8) is 0 Å². The van der Waals surface area contributed by atoms with Crippen molar-refractivity contribution < 1.29 is 19.1 Å². The van der Waals surface area contributed by atoms with Crippen molar-refractivity contribution in [1.29, 1.82) is 0 Å². The Kier molecular flexibility index (Phi) is 7.89. The maximum absolute atomic E-state index is 12.2. The smallest absolute Gasteiger partial charge is 0.330 e. The molecule has 5 nitrogen and oxygen atoms in total. The summed E-state index contributed by atoms with van der Waals surface area (Å²) in [5.74, 6) is 0.0964. The summed E-state index contributed by atoms with van der Waals surface area (Å²) in [5, 5.41) is 2.84. The molecule has 1 N–H and O–H groups in total. The van der Waals surface area contributed by atoms with Crippen LogP contribution < -0.4 is 10.1 Å². The summed E-state index contributed by atoms with van der Waals surface area (Å²) in [5.41, 5.74) is 1.28. The van der Waals surface area contributed by atoms with Crippen LogP contribution in [-0.2, 0) is 9.53 Å². The fourth-order valence-electron chi connectivity index (χ4n) is 2.06. The molecule has 26 heavy (non-hydrogen) atoms. The summed E-state index contributed by atoms with van der Waals surface area (Å²) >= 11 is 3.36. The highest BCUT2D eigenvalue weighted by Gasteiger charge is 2.06. The van der Waals surface area contributed by atoms with Gasteiger partial charge in [-0.1, -0.05) is 22.5 Å². The molecule has 1 amide bonds. The van der Waals surface area contributed by atoms with Gasteiger partial charge in [0.05, 0.1) is 13.2 Å². The zero-order valence-corrected chi connectivity index (χ0v) is 15.8. The highest BCUT2D eigenvalue weighted by atomic mass is 79.9. The van der Waals surface area contributed by atoms with E-state index in [1.54, 1.807) is 24.3 Å². The Hall–Kier alpha value is -2.60. The van der Waals surface area contributed by atoms with Gasteiger partial charge >= 0.3 is 5.97 Å². The first-order chi connectivity index (χ1) is 12.6. The Morgan fingerprint density at radius 2 is 1.65 bits per heavy atom. The molecular weight excluding hydrogens is 398 g/mol. The molecule has 0 aromatic heterocycles. The predicted octanol–water partition coefficient (Wildman–Crippen LogP) is 4.59. The number of unbranched alkanes of at least 4 members (excludes halogenated alkanes) is 1. The van der Waals surface area contributed by atoms with E-state index in [-0.39, 0.29) is 5.91 Å². The van der Waals surface area contributed by atoms with Crippen LogP contribution in [0.3, 0.4) is 0 Å². The Morgan fingerprint density at radius 1 is 1.00 bits per heavy atom. The molecule has 0 bridgehead atoms. The Morgan fingerprint density at radius 3 is 2.31 bits per heavy atom. The number of amides is 1. The summed E-state index contributed by atoms with van der Waals surface area (Å²) in [6, 6.07) is 14.3. The average molecular weight is 418 g/mol. The van der Waals surface area contributed by atoms with Gasteiger partial charge in [-0.15, -0.1) is 0 Å². The number of nitrogens with one attached hydrogen (secondary N) is 1. The number of ether oxygens (including phenoxy) is 2. The van der Waals surface area contributed by atoms with Gasteiger partial charge < -0.3 is 14.8 Å². The minimum Gasteiger partial charge on any atom is -0.494 e. The third-order valence-electron chi connectivity index (χ3n) is 3.44. The van der Waals surface area contributed by atoms with Crippen LogP contribution in [0.2, 0.25) is 0 Å². The van der Waals surface area contributed by atoms with E-state index in [2.05, 4.69) is 27.8 Å². The highest BCUT2D eigenvalue weighted by molar-refractivity contribution is 9.10. The Balaban J connectivity index is 1.73. The van der Waals surface area contributed by atoms with Crippen LogP contribution in [0.25, 0.3) is 0 Å². The van der Waals surface area contributed by atoms with Gasteiger partial charge in [0.25, 0.3) is 5.91 Å². The van der Waals surface area contributed by atoms with E-state index in [4.69, 9.17) is 9.47 Å². The van der Waals surface area contributed by atoms with Crippen LogP contribution >= 0.6 is 15.9 Å². The Labute approximate surface area is 161 Å². The number of hydrogen-bond donors (Lipinski definition) is 1. The van der Waals surface area contributed by atoms with Crippen molar-refractivity contribution in [3.05, 3.63) is 71.2 Å². The molecule has 6 heteroatoms. The van der Waals surface area contributed by atoms with Crippen LogP contribution in [0.4, 0.5) is 5.69 Å². The van der Waals surface area contributed by atoms with Crippen LogP contribution in [0.1, 0.15) is 23.2 Å². The van der Waals surface area contributed by atoms with Crippen molar-refractivity contribution in [2.45, 2.75) is 12.8 Å². The second-order valence-electron chi connectivity index (χ2n) is 5.41. The van der Waals surface area contributed by atoms with Gasteiger partial charge in [0.2, 0.25) is 0 Å². The monoisotopic (exact) mass is 417 g/mol. The van der Waals surface area contributed by atoms with E-state index in [0.717, 1.165) is 22.7 Å². The summed E-state index contributed by atoms with van der Waals surface area (Å²) in [7, 11) is 0. The fourth-order valence-corrected chi connectivity index (χ4v) is 2.33. The highest BCUT2D eigenvalue weighted by Crippen LogP contribution is 2.17. The molecule has 0 saturated heterocycles. The van der Waals surface area contributed by atoms with Crippen LogP contribution in [0.15, 0.2) is 65.7 Å². The summed E-state index contributed by atoms with van der Waals surface area (Å²) < 4.78 is 11.4. The van der Waals surface area contributed by atoms with Gasteiger partial charge in [-0.3, -0.25) is 4.79 Å². The normalized spacial score (nSPS) is 10.0. The maximum Gasteiger partial charge on any atom is 0.330 e. The van der Waals surface area contributed by atoms with E-state index in [9.17, 15) is 9.59 Å². The summed E-state index contributed by atoms with van der Waals surface area (Å²) in [6.45, 7) is 4.19. The first kappa shape index (κ1) is 19.7. The van der Waals surface area contributed by atoms with Crippen LogP contribution in [-0.4, -0.2) is 25.1 Å². The lowest BCUT2D eigenvalue weighted by Gasteiger charge is -2.08. The molecule has 0 atom stereocenters. The first-order valence-corrected chi connectivity index (χ1v) is 8.97. The zero-order valence-electron chi connectivity index (χ0n) is 14.2. The Bertz CT molecular complexity index is 741. The summed E-state index contributed by atoms with van der Waals surface area (Å²) in [6.07, 6.45) is 2.62. The minimum atomic E-state index is -0.414. The number of carbonyl (C=O) groups excluding carboxylic acids is 2. The molecule has 2 aromatic rings. The van der Waals surface area contributed by atoms with Gasteiger partial charge in [0, 0.05) is 21.8 Å². The van der Waals surface area contributed by atoms with Gasteiger partial charge in [-0.2, -0.15) is 0 Å². The van der Waals surface area contributed by atoms with Crippen molar-refractivity contribution in [2.24, 2.45) is 0 Å². The van der Waals surface area contributed by atoms with Crippen LogP contribution in [0.5, 0.6) is 5.75 Å². The van der Waals surface area contributed by atoms with Gasteiger partial charge in [-0.25, -0.2) is 4.79 Å². The number of anilines is 1. The molecular formula is C20H20BrNO4. The molecule has 0 fully saturated rings. The van der Waals surface area contributed by atoms with E-state index in [0.29, 0.717) is 30.9 Å². The summed E-state index contributed by atoms with van der Waals surface area (Å²) in [4.78, 5) is 23.1. The fraction of sp³-hybridized carbons (Fsp3) is 0.200. The number of esters is 1. The first-order valence-electron chi connectivity index (χ1n) is 8.17. The van der Waals surface area contributed by atoms with E-state index in [1.807, 2.05) is 24.3 Å². The van der Waals surface area contributed by atoms with Crippen molar-refractivity contribution >= 4 is 33.5 Å². The van der Waals surface area contributed by atoms with Gasteiger partial charge in [0.15, 0.2) is 0 Å². The molecule has 0 aliphatic carbocycles. The molecule has 0 aliphatic heterocycles. The van der Waals surface area contributed by atoms with E-state index < -0.39 is 5.97 Å². The molecule has 0 heterocycles. The number of benzene rings is 2. The second-order valence-corrected chi connectivity index (χ2v) is 6.33. The maximum atomic E-state index is 12.2. The van der Waals surface area contributed by atoms with E-state index in [1.165, 1.54) is 0 Å². The number of carbonyl (C=O) groups is 2. The lowest BCUT2D eigenvalue weighted by Crippen LogP contribution is -2.11. The third kappa shape index (κ3) is 6.72. The zero-order chi connectivity index (χ0) is 18.8. The van der Waals surface area contributed by atoms with Crippen molar-refractivity contribution in [3.8, 4) is 5.75 Å². The third-order valence-corrected chi connectivity index (χ3v) is 3.97. The SMILES string of the molecule is C=CC(=O)OCCCCOc1ccc(C(=O)Nc2ccc(Br)cc2)cc1. The lowest BCUT2D eigenvalue weighted by molar-refractivity contribution is -0.137. The van der Waals surface area contributed by atoms with Gasteiger partial charge in [0.1, 0.15) is 5.75 Å². The largest absolute Gasteiger partial charge is 0.494 e. The van der Waals surface area contributed by atoms with E-state index >= 15 is 0 Å².